The third-order valence-corrected chi connectivity index (χ3v) is 2.49. The molecular formula is C13H20N2O4. The number of carbonyl (C=O) groups is 1. The van der Waals surface area contributed by atoms with E-state index in [9.17, 15) is 4.79 Å². The van der Waals surface area contributed by atoms with Crippen LogP contribution in [0.4, 0.5) is 5.69 Å². The molecule has 0 bridgehead atoms. The maximum Gasteiger partial charge on any atom is 0.216 e. The van der Waals surface area contributed by atoms with Crippen molar-refractivity contribution < 1.29 is 19.0 Å². The lowest BCUT2D eigenvalue weighted by molar-refractivity contribution is -0.118. The molecule has 0 unspecified atom stereocenters. The highest BCUT2D eigenvalue weighted by Crippen LogP contribution is 2.39. The highest BCUT2D eigenvalue weighted by atomic mass is 16.5. The van der Waals surface area contributed by atoms with Crippen LogP contribution in [0.15, 0.2) is 12.1 Å². The molecule has 0 aromatic heterocycles. The zero-order valence-corrected chi connectivity index (χ0v) is 11.7. The number of amides is 1. The van der Waals surface area contributed by atoms with Gasteiger partial charge in [0.2, 0.25) is 11.7 Å². The van der Waals surface area contributed by atoms with Gasteiger partial charge in [-0.05, 0) is 0 Å². The molecule has 0 spiro atoms. The minimum Gasteiger partial charge on any atom is -0.493 e. The van der Waals surface area contributed by atoms with Crippen LogP contribution >= 0.6 is 0 Å². The van der Waals surface area contributed by atoms with Gasteiger partial charge in [0.1, 0.15) is 0 Å². The number of rotatable bonds is 7. The monoisotopic (exact) mass is 268 g/mol. The molecule has 106 valence electrons. The van der Waals surface area contributed by atoms with E-state index >= 15 is 0 Å². The number of hydrogen-bond acceptors (Lipinski definition) is 5. The van der Waals surface area contributed by atoms with Crippen LogP contribution in [0.3, 0.4) is 0 Å². The molecule has 2 N–H and O–H groups in total. The minimum atomic E-state index is -0.0494. The molecule has 1 aromatic rings. The van der Waals surface area contributed by atoms with Gasteiger partial charge in [-0.25, -0.2) is 0 Å². The Bertz CT molecular complexity index is 410. The Labute approximate surface area is 113 Å². The van der Waals surface area contributed by atoms with Gasteiger partial charge in [0.05, 0.1) is 21.3 Å². The Morgan fingerprint density at radius 3 is 2.05 bits per heavy atom. The second-order valence-electron chi connectivity index (χ2n) is 3.82. The molecule has 6 nitrogen and oxygen atoms in total. The number of methoxy groups -OCH3 is 3. The van der Waals surface area contributed by atoms with Gasteiger partial charge in [-0.3, -0.25) is 4.79 Å². The average molecular weight is 268 g/mol. The summed E-state index contributed by atoms with van der Waals surface area (Å²) in [5.41, 5.74) is 0.833. The van der Waals surface area contributed by atoms with Crippen LogP contribution in [0.1, 0.15) is 6.92 Å². The lowest BCUT2D eigenvalue weighted by atomic mass is 10.2. The van der Waals surface area contributed by atoms with Crippen LogP contribution in [-0.2, 0) is 4.79 Å². The molecule has 0 atom stereocenters. The fourth-order valence-corrected chi connectivity index (χ4v) is 1.63. The van der Waals surface area contributed by atoms with Crippen LogP contribution in [0.2, 0.25) is 0 Å². The van der Waals surface area contributed by atoms with Crippen molar-refractivity contribution in [3.63, 3.8) is 0 Å². The summed E-state index contributed by atoms with van der Waals surface area (Å²) in [7, 11) is 4.70. The molecule has 1 amide bonds. The fraction of sp³-hybridized carbons (Fsp3) is 0.462. The molecule has 6 heteroatoms. The summed E-state index contributed by atoms with van der Waals surface area (Å²) in [6, 6.07) is 3.63. The normalized spacial score (nSPS) is 9.68. The number of anilines is 1. The van der Waals surface area contributed by atoms with Crippen LogP contribution < -0.4 is 24.8 Å². The second kappa shape index (κ2) is 7.35. The first-order valence-electron chi connectivity index (χ1n) is 5.90. The van der Waals surface area contributed by atoms with Gasteiger partial charge in [-0.1, -0.05) is 0 Å². The minimum absolute atomic E-state index is 0.0494. The Morgan fingerprint density at radius 1 is 1.05 bits per heavy atom. The van der Waals surface area contributed by atoms with Crippen LogP contribution in [0.25, 0.3) is 0 Å². The smallest absolute Gasteiger partial charge is 0.216 e. The highest BCUT2D eigenvalue weighted by molar-refractivity contribution is 5.72. The zero-order valence-electron chi connectivity index (χ0n) is 11.7. The van der Waals surface area contributed by atoms with Crippen molar-refractivity contribution in [1.29, 1.82) is 0 Å². The number of carbonyl (C=O) groups excluding carboxylic acids is 1. The maximum absolute atomic E-state index is 10.7. The van der Waals surface area contributed by atoms with Gasteiger partial charge in [-0.2, -0.15) is 0 Å². The first kappa shape index (κ1) is 14.9. The van der Waals surface area contributed by atoms with Gasteiger partial charge < -0.3 is 24.8 Å². The fourth-order valence-electron chi connectivity index (χ4n) is 1.63. The molecule has 1 rings (SSSR count). The first-order valence-corrected chi connectivity index (χ1v) is 5.90. The summed E-state index contributed by atoms with van der Waals surface area (Å²) in [4.78, 5) is 10.7. The third-order valence-electron chi connectivity index (χ3n) is 2.49. The Morgan fingerprint density at radius 2 is 1.63 bits per heavy atom. The van der Waals surface area contributed by atoms with E-state index in [1.54, 1.807) is 21.3 Å². The summed E-state index contributed by atoms with van der Waals surface area (Å²) in [6.07, 6.45) is 0. The molecule has 0 aliphatic rings. The second-order valence-corrected chi connectivity index (χ2v) is 3.82. The molecule has 0 heterocycles. The summed E-state index contributed by atoms with van der Waals surface area (Å²) in [6.45, 7) is 2.64. The molecule has 0 aliphatic carbocycles. The maximum atomic E-state index is 10.7. The SMILES string of the molecule is COc1cc(NCCNC(C)=O)cc(OC)c1OC. The van der Waals surface area contributed by atoms with E-state index in [1.807, 2.05) is 12.1 Å². The highest BCUT2D eigenvalue weighted by Gasteiger charge is 2.12. The van der Waals surface area contributed by atoms with Gasteiger partial charge in [0.25, 0.3) is 0 Å². The van der Waals surface area contributed by atoms with Gasteiger partial charge in [-0.15, -0.1) is 0 Å². The van der Waals surface area contributed by atoms with Gasteiger partial charge in [0.15, 0.2) is 11.5 Å². The summed E-state index contributed by atoms with van der Waals surface area (Å²) >= 11 is 0. The van der Waals surface area contributed by atoms with Crippen LogP contribution in [0, 0.1) is 0 Å². The van der Waals surface area contributed by atoms with Gasteiger partial charge >= 0.3 is 0 Å². The predicted octanol–water partition coefficient (Wildman–Crippen LogP) is 1.26. The zero-order chi connectivity index (χ0) is 14.3. The first-order chi connectivity index (χ1) is 9.12. The topological polar surface area (TPSA) is 68.8 Å². The number of benzene rings is 1. The standard InChI is InChI=1S/C13H20N2O4/c1-9(16)14-5-6-15-10-7-11(17-2)13(19-4)12(8-10)18-3/h7-8,15H,5-6H2,1-4H3,(H,14,16). The van der Waals surface area contributed by atoms with Crippen molar-refractivity contribution in [1.82, 2.24) is 5.32 Å². The molecule has 1 aromatic carbocycles. The van der Waals surface area contributed by atoms with Crippen molar-refractivity contribution in [3.8, 4) is 17.2 Å². The number of hydrogen-bond donors (Lipinski definition) is 2. The van der Waals surface area contributed by atoms with Crippen LogP contribution in [-0.4, -0.2) is 40.3 Å². The summed E-state index contributed by atoms with van der Waals surface area (Å²) in [5, 5.41) is 5.88. The molecule has 0 radical (unpaired) electrons. The van der Waals surface area contributed by atoms with Crippen molar-refractivity contribution in [2.24, 2.45) is 0 Å². The third kappa shape index (κ3) is 4.24. The molecule has 0 fully saturated rings. The van der Waals surface area contributed by atoms with E-state index in [0.29, 0.717) is 30.3 Å². The summed E-state index contributed by atoms with van der Waals surface area (Å²) in [5.74, 6) is 1.68. The van der Waals surface area contributed by atoms with E-state index in [-0.39, 0.29) is 5.91 Å². The van der Waals surface area contributed by atoms with E-state index in [2.05, 4.69) is 10.6 Å². The largest absolute Gasteiger partial charge is 0.493 e. The molecule has 0 saturated carbocycles. The van der Waals surface area contributed by atoms with Gasteiger partial charge in [0, 0.05) is 37.8 Å². The van der Waals surface area contributed by atoms with Crippen LogP contribution in [0.5, 0.6) is 17.2 Å². The van der Waals surface area contributed by atoms with Crippen molar-refractivity contribution >= 4 is 11.6 Å². The number of nitrogens with one attached hydrogen (secondary N) is 2. The van der Waals surface area contributed by atoms with E-state index in [0.717, 1.165) is 5.69 Å². The van der Waals surface area contributed by atoms with E-state index in [1.165, 1.54) is 6.92 Å². The van der Waals surface area contributed by atoms with Crippen molar-refractivity contribution in [3.05, 3.63) is 12.1 Å². The lowest BCUT2D eigenvalue weighted by Gasteiger charge is -2.15. The lowest BCUT2D eigenvalue weighted by Crippen LogP contribution is -2.26. The Balaban J connectivity index is 2.76. The number of ether oxygens (including phenoxy) is 3. The van der Waals surface area contributed by atoms with Crippen molar-refractivity contribution in [2.75, 3.05) is 39.7 Å². The molecule has 19 heavy (non-hydrogen) atoms. The Kier molecular flexibility index (Phi) is 5.78. The Hall–Kier alpha value is -2.11. The molecule has 0 aliphatic heterocycles. The molecule has 0 saturated heterocycles. The van der Waals surface area contributed by atoms with E-state index < -0.39 is 0 Å². The predicted molar refractivity (Wildman–Crippen MR) is 73.3 cm³/mol. The average Bonchev–Trinajstić information content (AvgIpc) is 2.42. The quantitative estimate of drug-likeness (QED) is 0.729. The molecular weight excluding hydrogens is 248 g/mol. The summed E-state index contributed by atoms with van der Waals surface area (Å²) < 4.78 is 15.7. The van der Waals surface area contributed by atoms with E-state index in [4.69, 9.17) is 14.2 Å². The van der Waals surface area contributed by atoms with Crippen molar-refractivity contribution in [2.45, 2.75) is 6.92 Å².